The molecule has 2 aliphatic rings. The fourth-order valence-corrected chi connectivity index (χ4v) is 8.31. The molecule has 2 aliphatic carbocycles. The van der Waals surface area contributed by atoms with Crippen LogP contribution in [0.15, 0.2) is 133 Å². The molecule has 9 rings (SSSR count). The summed E-state index contributed by atoms with van der Waals surface area (Å²) in [6, 6.07) is 49.9. The van der Waals surface area contributed by atoms with E-state index in [1.165, 1.54) is 77.6 Å². The first-order valence-corrected chi connectivity index (χ1v) is 15.0. The van der Waals surface area contributed by atoms with Crippen molar-refractivity contribution in [2.45, 2.75) is 31.6 Å². The Morgan fingerprint density at radius 2 is 0.905 bits per heavy atom. The van der Waals surface area contributed by atoms with E-state index < -0.39 is 5.41 Å². The highest BCUT2D eigenvalue weighted by Crippen LogP contribution is 2.64. The minimum Gasteiger partial charge on any atom is -0.309 e. The molecule has 1 heteroatoms. The van der Waals surface area contributed by atoms with Gasteiger partial charge in [0.1, 0.15) is 0 Å². The van der Waals surface area contributed by atoms with Gasteiger partial charge in [0.15, 0.2) is 0 Å². The van der Waals surface area contributed by atoms with Crippen LogP contribution in [0.3, 0.4) is 0 Å². The third kappa shape index (κ3) is 2.79. The van der Waals surface area contributed by atoms with Gasteiger partial charge in [-0.15, -0.1) is 0 Å². The molecule has 200 valence electrons. The van der Waals surface area contributed by atoms with Gasteiger partial charge in [-0.25, -0.2) is 0 Å². The molecule has 0 saturated heterocycles. The van der Waals surface area contributed by atoms with Crippen LogP contribution in [-0.2, 0) is 10.8 Å². The second kappa shape index (κ2) is 8.11. The fraction of sp³-hybridized carbons (Fsp3) is 0.122. The van der Waals surface area contributed by atoms with E-state index in [1.807, 2.05) is 0 Å². The van der Waals surface area contributed by atoms with Crippen LogP contribution in [-0.4, -0.2) is 4.57 Å². The van der Waals surface area contributed by atoms with Crippen LogP contribution in [0.2, 0.25) is 0 Å². The number of hydrogen-bond donors (Lipinski definition) is 0. The van der Waals surface area contributed by atoms with Crippen molar-refractivity contribution in [1.29, 1.82) is 0 Å². The van der Waals surface area contributed by atoms with Gasteiger partial charge in [-0.3, -0.25) is 0 Å². The maximum atomic E-state index is 2.51. The maximum absolute atomic E-state index is 2.51. The molecule has 7 aromatic rings. The van der Waals surface area contributed by atoms with Crippen molar-refractivity contribution >= 4 is 21.8 Å². The highest BCUT2D eigenvalue weighted by atomic mass is 15.0. The Balaban J connectivity index is 1.49. The molecule has 6 aromatic carbocycles. The second-order valence-electron chi connectivity index (χ2n) is 12.6. The lowest BCUT2D eigenvalue weighted by Gasteiger charge is -2.36. The van der Waals surface area contributed by atoms with E-state index >= 15 is 0 Å². The molecule has 0 amide bonds. The summed E-state index contributed by atoms with van der Waals surface area (Å²) in [4.78, 5) is 0. The highest BCUT2D eigenvalue weighted by molar-refractivity contribution is 6.09. The molecule has 0 aliphatic heterocycles. The molecule has 0 saturated carbocycles. The minimum absolute atomic E-state index is 0.103. The Kier molecular flexibility index (Phi) is 4.59. The molecule has 42 heavy (non-hydrogen) atoms. The van der Waals surface area contributed by atoms with E-state index in [-0.39, 0.29) is 5.41 Å². The van der Waals surface area contributed by atoms with Crippen molar-refractivity contribution < 1.29 is 0 Å². The molecule has 1 heterocycles. The van der Waals surface area contributed by atoms with Gasteiger partial charge in [0, 0.05) is 21.9 Å². The second-order valence-corrected chi connectivity index (χ2v) is 12.6. The number of benzene rings is 6. The average molecular weight is 538 g/mol. The first-order valence-electron chi connectivity index (χ1n) is 15.0. The van der Waals surface area contributed by atoms with Crippen molar-refractivity contribution in [2.75, 3.05) is 0 Å². The van der Waals surface area contributed by atoms with Crippen LogP contribution >= 0.6 is 0 Å². The first kappa shape index (κ1) is 23.8. The third-order valence-corrected chi connectivity index (χ3v) is 10.1. The summed E-state index contributed by atoms with van der Waals surface area (Å²) < 4.78 is 2.49. The Hall–Kier alpha value is -4.88. The molecular weight excluding hydrogens is 506 g/mol. The standard InChI is InChI=1S/C41H31N/c1-26-22-32-38-34(23-26)41(27-14-6-4-7-15-27,28-16-8-5-9-17-28)35-25-29(24-33(39(35)38)40(32,2)3)42-36-20-12-10-18-30(36)31-19-11-13-21-37(31)42/h4-25H,1-3H3. The summed E-state index contributed by atoms with van der Waals surface area (Å²) in [6.07, 6.45) is 0. The van der Waals surface area contributed by atoms with Crippen molar-refractivity contribution in [1.82, 2.24) is 4.57 Å². The van der Waals surface area contributed by atoms with Crippen LogP contribution in [0, 0.1) is 6.92 Å². The number of para-hydroxylation sites is 2. The zero-order valence-electron chi connectivity index (χ0n) is 24.1. The Morgan fingerprint density at radius 3 is 1.48 bits per heavy atom. The van der Waals surface area contributed by atoms with E-state index in [9.17, 15) is 0 Å². The maximum Gasteiger partial charge on any atom is 0.0714 e. The van der Waals surface area contributed by atoms with Gasteiger partial charge < -0.3 is 4.57 Å². The van der Waals surface area contributed by atoms with Crippen LogP contribution in [0.4, 0.5) is 0 Å². The quantitative estimate of drug-likeness (QED) is 0.211. The third-order valence-electron chi connectivity index (χ3n) is 10.1. The van der Waals surface area contributed by atoms with Crippen LogP contribution in [0.1, 0.15) is 52.8 Å². The molecule has 0 bridgehead atoms. The van der Waals surface area contributed by atoms with E-state index in [1.54, 1.807) is 0 Å². The fourth-order valence-electron chi connectivity index (χ4n) is 8.31. The molecule has 0 radical (unpaired) electrons. The smallest absolute Gasteiger partial charge is 0.0714 e. The number of aryl methyl sites for hydroxylation is 1. The van der Waals surface area contributed by atoms with Gasteiger partial charge in [0.25, 0.3) is 0 Å². The summed E-state index contributed by atoms with van der Waals surface area (Å²) in [5, 5.41) is 2.59. The lowest BCUT2D eigenvalue weighted by Crippen LogP contribution is -2.30. The van der Waals surface area contributed by atoms with Crippen molar-refractivity contribution in [3.05, 3.63) is 172 Å². The molecule has 1 nitrogen and oxygen atoms in total. The lowest BCUT2D eigenvalue weighted by molar-refractivity contribution is 0.650. The van der Waals surface area contributed by atoms with Gasteiger partial charge in [0.05, 0.1) is 16.4 Å². The van der Waals surface area contributed by atoms with E-state index in [0.29, 0.717) is 0 Å². The monoisotopic (exact) mass is 537 g/mol. The van der Waals surface area contributed by atoms with Gasteiger partial charge >= 0.3 is 0 Å². The van der Waals surface area contributed by atoms with E-state index in [2.05, 4.69) is 159 Å². The van der Waals surface area contributed by atoms with Gasteiger partial charge in [0.2, 0.25) is 0 Å². The molecular formula is C41H31N. The lowest BCUT2D eigenvalue weighted by atomic mass is 9.65. The van der Waals surface area contributed by atoms with Crippen LogP contribution < -0.4 is 0 Å². The summed E-state index contributed by atoms with van der Waals surface area (Å²) >= 11 is 0. The zero-order chi connectivity index (χ0) is 28.2. The number of rotatable bonds is 3. The first-order chi connectivity index (χ1) is 20.5. The van der Waals surface area contributed by atoms with E-state index in [0.717, 1.165) is 0 Å². The SMILES string of the molecule is Cc1cc2c3c(c1)C(c1ccccc1)(c1ccccc1)c1cc(-n4c5ccccc5c5ccccc54)cc(c1-3)C2(C)C. The largest absolute Gasteiger partial charge is 0.309 e. The molecule has 0 spiro atoms. The van der Waals surface area contributed by atoms with Crippen molar-refractivity contribution in [2.24, 2.45) is 0 Å². The molecule has 0 unspecified atom stereocenters. The van der Waals surface area contributed by atoms with Crippen molar-refractivity contribution in [3.8, 4) is 16.8 Å². The van der Waals surface area contributed by atoms with Gasteiger partial charge in [-0.05, 0) is 75.7 Å². The molecule has 1 aromatic heterocycles. The number of hydrogen-bond acceptors (Lipinski definition) is 0. The average Bonchev–Trinajstić information content (AvgIpc) is 3.59. The van der Waals surface area contributed by atoms with Gasteiger partial charge in [-0.1, -0.05) is 129 Å². The Morgan fingerprint density at radius 1 is 0.476 bits per heavy atom. The summed E-state index contributed by atoms with van der Waals surface area (Å²) in [5.74, 6) is 0. The molecule has 0 atom stereocenters. The topological polar surface area (TPSA) is 4.93 Å². The number of nitrogens with zero attached hydrogens (tertiary/aromatic N) is 1. The zero-order valence-corrected chi connectivity index (χ0v) is 24.1. The van der Waals surface area contributed by atoms with Gasteiger partial charge in [-0.2, -0.15) is 0 Å². The Bertz CT molecular complexity index is 2120. The predicted molar refractivity (Wildman–Crippen MR) is 175 cm³/mol. The summed E-state index contributed by atoms with van der Waals surface area (Å²) in [6.45, 7) is 7.09. The Labute approximate surface area is 246 Å². The normalized spacial score (nSPS) is 15.4. The minimum atomic E-state index is -0.409. The van der Waals surface area contributed by atoms with E-state index in [4.69, 9.17) is 0 Å². The van der Waals surface area contributed by atoms with Crippen LogP contribution in [0.25, 0.3) is 38.6 Å². The highest BCUT2D eigenvalue weighted by Gasteiger charge is 2.53. The number of aromatic nitrogens is 1. The number of fused-ring (bicyclic) bond motifs is 3. The summed E-state index contributed by atoms with van der Waals surface area (Å²) in [5.41, 5.74) is 15.7. The molecule has 0 fully saturated rings. The predicted octanol–water partition coefficient (Wildman–Crippen LogP) is 10.1. The van der Waals surface area contributed by atoms with Crippen molar-refractivity contribution in [3.63, 3.8) is 0 Å². The summed E-state index contributed by atoms with van der Waals surface area (Å²) in [7, 11) is 0. The molecule has 0 N–H and O–H groups in total. The van der Waals surface area contributed by atoms with Crippen LogP contribution in [0.5, 0.6) is 0 Å².